The van der Waals surface area contributed by atoms with E-state index in [0.717, 1.165) is 6.54 Å². The van der Waals surface area contributed by atoms with Crippen LogP contribution in [-0.4, -0.2) is 68.4 Å². The molecule has 1 atom stereocenters. The van der Waals surface area contributed by atoms with Gasteiger partial charge in [0.25, 0.3) is 0 Å². The minimum absolute atomic E-state index is 0.00652. The van der Waals surface area contributed by atoms with E-state index in [1.807, 2.05) is 4.90 Å². The van der Waals surface area contributed by atoms with Crippen molar-refractivity contribution in [1.82, 2.24) is 4.90 Å². The van der Waals surface area contributed by atoms with Crippen LogP contribution in [0.4, 0.5) is 0 Å². The minimum Gasteiger partial charge on any atom is -0.394 e. The van der Waals surface area contributed by atoms with Gasteiger partial charge in [0.15, 0.2) is 9.84 Å². The molecule has 0 aliphatic carbocycles. The topological polar surface area (TPSA) is 66.8 Å². The number of sulfone groups is 1. The Kier molecular flexibility index (Phi) is 5.17. The summed E-state index contributed by atoms with van der Waals surface area (Å²) in [5, 5.41) is 8.64. The van der Waals surface area contributed by atoms with E-state index in [2.05, 4.69) is 0 Å². The molecule has 1 N–H and O–H groups in total. The van der Waals surface area contributed by atoms with Gasteiger partial charge in [0.2, 0.25) is 0 Å². The first kappa shape index (κ1) is 13.9. The molecule has 0 spiro atoms. The summed E-state index contributed by atoms with van der Waals surface area (Å²) in [6, 6.07) is 0. The lowest BCUT2D eigenvalue weighted by Gasteiger charge is -2.31. The highest BCUT2D eigenvalue weighted by Gasteiger charge is 2.22. The van der Waals surface area contributed by atoms with Crippen molar-refractivity contribution in [3.63, 3.8) is 0 Å². The number of morpholine rings is 1. The molecule has 96 valence electrons. The fourth-order valence-corrected chi connectivity index (χ4v) is 2.57. The van der Waals surface area contributed by atoms with Gasteiger partial charge in [0.05, 0.1) is 30.3 Å². The summed E-state index contributed by atoms with van der Waals surface area (Å²) in [6.45, 7) is 5.84. The smallest absolute Gasteiger partial charge is 0.153 e. The second-order valence-electron chi connectivity index (χ2n) is 4.39. The lowest BCUT2D eigenvalue weighted by molar-refractivity contribution is -0.0510. The average Bonchev–Trinajstić information content (AvgIpc) is 2.26. The van der Waals surface area contributed by atoms with Gasteiger partial charge in [-0.1, -0.05) is 0 Å². The number of hydrogen-bond donors (Lipinski definition) is 1. The van der Waals surface area contributed by atoms with Gasteiger partial charge >= 0.3 is 0 Å². The van der Waals surface area contributed by atoms with Crippen molar-refractivity contribution in [1.29, 1.82) is 0 Å². The molecule has 1 heterocycles. The molecule has 1 aliphatic heterocycles. The zero-order valence-electron chi connectivity index (χ0n) is 9.92. The third kappa shape index (κ3) is 4.01. The molecule has 5 nitrogen and oxygen atoms in total. The molecule has 0 amide bonds. The largest absolute Gasteiger partial charge is 0.394 e. The number of rotatable bonds is 5. The highest BCUT2D eigenvalue weighted by Crippen LogP contribution is 2.07. The fraction of sp³-hybridized carbons (Fsp3) is 1.00. The zero-order valence-corrected chi connectivity index (χ0v) is 10.7. The summed E-state index contributed by atoms with van der Waals surface area (Å²) in [7, 11) is -2.97. The van der Waals surface area contributed by atoms with Gasteiger partial charge in [0, 0.05) is 19.6 Å². The number of aliphatic hydroxyl groups excluding tert-OH is 1. The maximum Gasteiger partial charge on any atom is 0.153 e. The summed E-state index contributed by atoms with van der Waals surface area (Å²) in [5.41, 5.74) is 0. The minimum atomic E-state index is -2.97. The van der Waals surface area contributed by atoms with Crippen molar-refractivity contribution in [2.45, 2.75) is 25.2 Å². The van der Waals surface area contributed by atoms with Crippen molar-refractivity contribution in [2.24, 2.45) is 0 Å². The van der Waals surface area contributed by atoms with Gasteiger partial charge in [0.1, 0.15) is 0 Å². The maximum absolute atomic E-state index is 11.6. The molecule has 0 bridgehead atoms. The quantitative estimate of drug-likeness (QED) is 0.714. The van der Waals surface area contributed by atoms with Gasteiger partial charge in [-0.25, -0.2) is 8.42 Å². The van der Waals surface area contributed by atoms with Crippen molar-refractivity contribution in [3.8, 4) is 0 Å². The van der Waals surface area contributed by atoms with Crippen molar-refractivity contribution < 1.29 is 18.3 Å². The molecule has 0 radical (unpaired) electrons. The van der Waals surface area contributed by atoms with E-state index in [1.165, 1.54) is 0 Å². The number of hydrogen-bond acceptors (Lipinski definition) is 5. The van der Waals surface area contributed by atoms with Crippen molar-refractivity contribution >= 4 is 9.84 Å². The Morgan fingerprint density at radius 3 is 2.75 bits per heavy atom. The van der Waals surface area contributed by atoms with E-state index in [1.54, 1.807) is 13.8 Å². The molecule has 6 heteroatoms. The van der Waals surface area contributed by atoms with Gasteiger partial charge < -0.3 is 9.84 Å². The normalized spacial score (nSPS) is 23.9. The molecule has 1 aliphatic rings. The predicted molar refractivity (Wildman–Crippen MR) is 62.2 cm³/mol. The van der Waals surface area contributed by atoms with Crippen LogP contribution in [0.1, 0.15) is 13.8 Å². The average molecular weight is 251 g/mol. The monoisotopic (exact) mass is 251 g/mol. The summed E-state index contributed by atoms with van der Waals surface area (Å²) >= 11 is 0. The van der Waals surface area contributed by atoms with E-state index >= 15 is 0 Å². The SMILES string of the molecule is CC(C)S(=O)(=O)CCN1CCOC(CO)C1. The standard InChI is InChI=1S/C10H21NO4S/c1-9(2)16(13,14)6-4-11-3-5-15-10(7-11)8-12/h9-10,12H,3-8H2,1-2H3. The van der Waals surface area contributed by atoms with Gasteiger partial charge in [-0.05, 0) is 13.8 Å². The number of nitrogens with zero attached hydrogens (tertiary/aromatic N) is 1. The number of ether oxygens (including phenoxy) is 1. The van der Waals surface area contributed by atoms with Crippen LogP contribution >= 0.6 is 0 Å². The fourth-order valence-electron chi connectivity index (χ4n) is 1.59. The van der Waals surface area contributed by atoms with E-state index in [9.17, 15) is 8.42 Å². The summed E-state index contributed by atoms with van der Waals surface area (Å²) in [6.07, 6.45) is -0.171. The lowest BCUT2D eigenvalue weighted by Crippen LogP contribution is -2.45. The number of aliphatic hydroxyl groups is 1. The van der Waals surface area contributed by atoms with Crippen LogP contribution in [0.25, 0.3) is 0 Å². The third-order valence-electron chi connectivity index (χ3n) is 2.84. The molecule has 0 aromatic carbocycles. The van der Waals surface area contributed by atoms with Crippen molar-refractivity contribution in [3.05, 3.63) is 0 Å². The highest BCUT2D eigenvalue weighted by atomic mass is 32.2. The Labute approximate surface area is 97.3 Å². The Morgan fingerprint density at radius 2 is 2.19 bits per heavy atom. The summed E-state index contributed by atoms with van der Waals surface area (Å²) in [5.74, 6) is 0.183. The molecule has 1 rings (SSSR count). The lowest BCUT2D eigenvalue weighted by atomic mass is 10.3. The van der Waals surface area contributed by atoms with E-state index < -0.39 is 9.84 Å². The molecular weight excluding hydrogens is 230 g/mol. The van der Waals surface area contributed by atoms with E-state index in [0.29, 0.717) is 19.7 Å². The molecular formula is C10H21NO4S. The highest BCUT2D eigenvalue weighted by molar-refractivity contribution is 7.92. The van der Waals surface area contributed by atoms with Crippen LogP contribution in [0.15, 0.2) is 0 Å². The Bertz CT molecular complexity index is 302. The van der Waals surface area contributed by atoms with Crippen LogP contribution in [0.3, 0.4) is 0 Å². The molecule has 1 unspecified atom stereocenters. The van der Waals surface area contributed by atoms with Gasteiger partial charge in [-0.3, -0.25) is 4.90 Å². The maximum atomic E-state index is 11.6. The molecule has 0 saturated carbocycles. The Balaban J connectivity index is 2.38. The van der Waals surface area contributed by atoms with Crippen molar-refractivity contribution in [2.75, 3.05) is 38.6 Å². The van der Waals surface area contributed by atoms with Crippen LogP contribution in [0.5, 0.6) is 0 Å². The molecule has 16 heavy (non-hydrogen) atoms. The Morgan fingerprint density at radius 1 is 1.50 bits per heavy atom. The first-order valence-electron chi connectivity index (χ1n) is 5.62. The van der Waals surface area contributed by atoms with Crippen LogP contribution < -0.4 is 0 Å². The first-order valence-corrected chi connectivity index (χ1v) is 7.33. The van der Waals surface area contributed by atoms with Crippen LogP contribution in [-0.2, 0) is 14.6 Å². The molecule has 1 saturated heterocycles. The van der Waals surface area contributed by atoms with Crippen LogP contribution in [0.2, 0.25) is 0 Å². The Hall–Kier alpha value is -0.170. The van der Waals surface area contributed by atoms with Crippen LogP contribution in [0, 0.1) is 0 Å². The summed E-state index contributed by atoms with van der Waals surface area (Å²) in [4.78, 5) is 2.03. The molecule has 1 fully saturated rings. The predicted octanol–water partition coefficient (Wildman–Crippen LogP) is -0.497. The second-order valence-corrected chi connectivity index (χ2v) is 7.07. The van der Waals surface area contributed by atoms with E-state index in [-0.39, 0.29) is 23.7 Å². The molecule has 0 aromatic heterocycles. The molecule has 0 aromatic rings. The summed E-state index contributed by atoms with van der Waals surface area (Å²) < 4.78 is 28.5. The second kappa shape index (κ2) is 5.95. The van der Waals surface area contributed by atoms with Gasteiger partial charge in [-0.2, -0.15) is 0 Å². The third-order valence-corrected chi connectivity index (χ3v) is 5.02. The zero-order chi connectivity index (χ0) is 12.2. The first-order chi connectivity index (χ1) is 7.45. The van der Waals surface area contributed by atoms with E-state index in [4.69, 9.17) is 9.84 Å². The van der Waals surface area contributed by atoms with Gasteiger partial charge in [-0.15, -0.1) is 0 Å².